The Kier molecular flexibility index (Phi) is 4.41. The minimum atomic E-state index is 0.187. The van der Waals surface area contributed by atoms with E-state index < -0.39 is 0 Å². The second-order valence-corrected chi connectivity index (χ2v) is 5.67. The molecule has 0 amide bonds. The minimum Gasteiger partial charge on any atom is -0.481 e. The van der Waals surface area contributed by atoms with Crippen LogP contribution < -0.4 is 10.1 Å². The summed E-state index contributed by atoms with van der Waals surface area (Å²) in [7, 11) is 1.61. The lowest BCUT2D eigenvalue weighted by molar-refractivity contribution is 0.396. The van der Waals surface area contributed by atoms with Gasteiger partial charge in [0.25, 0.3) is 0 Å². The molecule has 16 heavy (non-hydrogen) atoms. The van der Waals surface area contributed by atoms with Gasteiger partial charge in [-0.25, -0.2) is 4.98 Å². The van der Waals surface area contributed by atoms with Crippen molar-refractivity contribution in [1.82, 2.24) is 9.97 Å². The summed E-state index contributed by atoms with van der Waals surface area (Å²) in [5.41, 5.74) is 0. The highest BCUT2D eigenvalue weighted by Gasteiger charge is 2.15. The average molecular weight is 241 g/mol. The Morgan fingerprint density at radius 2 is 2.12 bits per heavy atom. The number of hydrogen-bond acceptors (Lipinski definition) is 5. The molecule has 0 bridgehead atoms. The highest BCUT2D eigenvalue weighted by Crippen LogP contribution is 2.22. The molecule has 90 valence electrons. The van der Waals surface area contributed by atoms with Gasteiger partial charge in [0.2, 0.25) is 5.88 Å². The van der Waals surface area contributed by atoms with E-state index in [2.05, 4.69) is 35.4 Å². The van der Waals surface area contributed by atoms with Crippen molar-refractivity contribution < 1.29 is 4.74 Å². The normalized spacial score (nSPS) is 11.3. The molecule has 1 N–H and O–H groups in total. The number of rotatable bonds is 5. The summed E-state index contributed by atoms with van der Waals surface area (Å²) in [5, 5.41) is 3.30. The van der Waals surface area contributed by atoms with Crippen molar-refractivity contribution >= 4 is 17.6 Å². The fourth-order valence-electron chi connectivity index (χ4n) is 1.11. The fraction of sp³-hybridized carbons (Fsp3) is 0.636. The molecule has 0 aliphatic heterocycles. The van der Waals surface area contributed by atoms with Gasteiger partial charge in [0, 0.05) is 17.4 Å². The van der Waals surface area contributed by atoms with E-state index in [0.29, 0.717) is 11.7 Å². The van der Waals surface area contributed by atoms with Gasteiger partial charge in [0.05, 0.1) is 7.11 Å². The molecule has 0 aliphatic carbocycles. The number of nitrogens with one attached hydrogen (secondary N) is 1. The third-order valence-corrected chi connectivity index (χ3v) is 3.52. The zero-order valence-electron chi connectivity index (χ0n) is 10.5. The van der Waals surface area contributed by atoms with E-state index in [1.165, 1.54) is 0 Å². The first kappa shape index (κ1) is 13.1. The van der Waals surface area contributed by atoms with Crippen molar-refractivity contribution in [3.63, 3.8) is 0 Å². The number of thioether (sulfide) groups is 1. The first-order chi connectivity index (χ1) is 7.46. The van der Waals surface area contributed by atoms with Crippen molar-refractivity contribution in [3.8, 4) is 5.88 Å². The topological polar surface area (TPSA) is 47.0 Å². The molecule has 0 spiro atoms. The van der Waals surface area contributed by atoms with E-state index >= 15 is 0 Å². The number of nitrogens with zero attached hydrogens (tertiary/aromatic N) is 2. The van der Waals surface area contributed by atoms with Gasteiger partial charge in [0.1, 0.15) is 11.6 Å². The second-order valence-electron chi connectivity index (χ2n) is 4.16. The summed E-state index contributed by atoms with van der Waals surface area (Å²) in [5.74, 6) is 2.12. The van der Waals surface area contributed by atoms with Gasteiger partial charge in [-0.1, -0.05) is 0 Å². The maximum absolute atomic E-state index is 5.10. The summed E-state index contributed by atoms with van der Waals surface area (Å²) >= 11 is 1.82. The number of ether oxygens (including phenoxy) is 1. The molecular formula is C11H19N3OS. The highest BCUT2D eigenvalue weighted by molar-refractivity contribution is 7.99. The lowest BCUT2D eigenvalue weighted by atomic mass is 10.2. The van der Waals surface area contributed by atoms with E-state index in [-0.39, 0.29) is 4.75 Å². The molecule has 0 aromatic carbocycles. The molecule has 0 fully saturated rings. The van der Waals surface area contributed by atoms with Gasteiger partial charge in [0.15, 0.2) is 0 Å². The molecule has 0 aliphatic rings. The number of methoxy groups -OCH3 is 1. The number of anilines is 1. The maximum Gasteiger partial charge on any atom is 0.218 e. The molecule has 0 atom stereocenters. The standard InChI is InChI=1S/C11H19N3OS/c1-8-13-9(6-10(14-8)15-4)12-7-11(2,3)16-5/h6H,7H2,1-5H3,(H,12,13,14). The first-order valence-electron chi connectivity index (χ1n) is 5.15. The SMILES string of the molecule is COc1cc(NCC(C)(C)SC)nc(C)n1. The van der Waals surface area contributed by atoms with Crippen molar-refractivity contribution in [3.05, 3.63) is 11.9 Å². The molecule has 0 unspecified atom stereocenters. The van der Waals surface area contributed by atoms with Crippen LogP contribution in [0.2, 0.25) is 0 Å². The van der Waals surface area contributed by atoms with Crippen LogP contribution >= 0.6 is 11.8 Å². The Balaban J connectivity index is 2.70. The summed E-state index contributed by atoms with van der Waals surface area (Å²) < 4.78 is 5.28. The zero-order valence-corrected chi connectivity index (χ0v) is 11.3. The number of aryl methyl sites for hydroxylation is 1. The number of hydrogen-bond donors (Lipinski definition) is 1. The van der Waals surface area contributed by atoms with E-state index in [4.69, 9.17) is 4.74 Å². The predicted molar refractivity (Wildman–Crippen MR) is 69.4 cm³/mol. The zero-order chi connectivity index (χ0) is 12.2. The Labute approximate surface area is 101 Å². The lowest BCUT2D eigenvalue weighted by Crippen LogP contribution is -2.26. The first-order valence-corrected chi connectivity index (χ1v) is 6.38. The van der Waals surface area contributed by atoms with Crippen LogP contribution in [0.15, 0.2) is 6.07 Å². The third-order valence-electron chi connectivity index (χ3n) is 2.27. The highest BCUT2D eigenvalue weighted by atomic mass is 32.2. The second kappa shape index (κ2) is 5.39. The Morgan fingerprint density at radius 3 is 2.69 bits per heavy atom. The molecule has 5 heteroatoms. The average Bonchev–Trinajstić information content (AvgIpc) is 2.26. The fourth-order valence-corrected chi connectivity index (χ4v) is 1.33. The smallest absolute Gasteiger partial charge is 0.218 e. The molecule has 1 aromatic rings. The summed E-state index contributed by atoms with van der Waals surface area (Å²) in [4.78, 5) is 8.45. The molecule has 0 saturated carbocycles. The minimum absolute atomic E-state index is 0.187. The van der Waals surface area contributed by atoms with Gasteiger partial charge in [-0.05, 0) is 27.0 Å². The monoisotopic (exact) mass is 241 g/mol. The lowest BCUT2D eigenvalue weighted by Gasteiger charge is -2.22. The van der Waals surface area contributed by atoms with Crippen LogP contribution in [-0.4, -0.2) is 34.6 Å². The molecular weight excluding hydrogens is 222 g/mol. The van der Waals surface area contributed by atoms with Crippen LogP contribution in [0, 0.1) is 6.92 Å². The molecule has 1 aromatic heterocycles. The molecule has 0 saturated heterocycles. The summed E-state index contributed by atoms with van der Waals surface area (Å²) in [6.45, 7) is 7.09. The molecule has 0 radical (unpaired) electrons. The maximum atomic E-state index is 5.10. The van der Waals surface area contributed by atoms with Crippen LogP contribution in [0.3, 0.4) is 0 Å². The quantitative estimate of drug-likeness (QED) is 0.857. The Hall–Kier alpha value is -0.970. The van der Waals surface area contributed by atoms with Gasteiger partial charge < -0.3 is 10.1 Å². The largest absolute Gasteiger partial charge is 0.481 e. The van der Waals surface area contributed by atoms with E-state index in [1.54, 1.807) is 7.11 Å². The van der Waals surface area contributed by atoms with E-state index in [1.807, 2.05) is 24.8 Å². The van der Waals surface area contributed by atoms with Crippen molar-refractivity contribution in [2.45, 2.75) is 25.5 Å². The van der Waals surface area contributed by atoms with Gasteiger partial charge in [-0.15, -0.1) is 0 Å². The van der Waals surface area contributed by atoms with Crippen LogP contribution in [0.25, 0.3) is 0 Å². The van der Waals surface area contributed by atoms with E-state index in [9.17, 15) is 0 Å². The van der Waals surface area contributed by atoms with Crippen LogP contribution in [-0.2, 0) is 0 Å². The van der Waals surface area contributed by atoms with Crippen molar-refractivity contribution in [1.29, 1.82) is 0 Å². The van der Waals surface area contributed by atoms with Crippen LogP contribution in [0.1, 0.15) is 19.7 Å². The molecule has 1 heterocycles. The van der Waals surface area contributed by atoms with Crippen LogP contribution in [0.5, 0.6) is 5.88 Å². The summed E-state index contributed by atoms with van der Waals surface area (Å²) in [6.07, 6.45) is 2.10. The Bertz CT molecular complexity index is 355. The van der Waals surface area contributed by atoms with Crippen LogP contribution in [0.4, 0.5) is 5.82 Å². The van der Waals surface area contributed by atoms with Gasteiger partial charge >= 0.3 is 0 Å². The van der Waals surface area contributed by atoms with Crippen molar-refractivity contribution in [2.75, 3.05) is 25.2 Å². The predicted octanol–water partition coefficient (Wildman–Crippen LogP) is 2.35. The number of aromatic nitrogens is 2. The molecule has 4 nitrogen and oxygen atoms in total. The Morgan fingerprint density at radius 1 is 1.44 bits per heavy atom. The van der Waals surface area contributed by atoms with Gasteiger partial charge in [-0.2, -0.15) is 16.7 Å². The van der Waals surface area contributed by atoms with E-state index in [0.717, 1.165) is 12.4 Å². The third kappa shape index (κ3) is 3.89. The van der Waals surface area contributed by atoms with Crippen molar-refractivity contribution in [2.24, 2.45) is 0 Å². The molecule has 1 rings (SSSR count). The summed E-state index contributed by atoms with van der Waals surface area (Å²) in [6, 6.07) is 1.81. The van der Waals surface area contributed by atoms with Gasteiger partial charge in [-0.3, -0.25) is 0 Å².